The number of halogens is 3. The van der Waals surface area contributed by atoms with Crippen LogP contribution in [-0.4, -0.2) is 4.92 Å². The molecule has 0 amide bonds. The summed E-state index contributed by atoms with van der Waals surface area (Å²) in [5, 5.41) is 12.2. The Bertz CT molecular complexity index is 664. The molecule has 20 heavy (non-hydrogen) atoms. The molecule has 104 valence electrons. The van der Waals surface area contributed by atoms with Crippen molar-refractivity contribution in [2.24, 2.45) is 0 Å². The van der Waals surface area contributed by atoms with Gasteiger partial charge >= 0.3 is 5.69 Å². The molecule has 7 heteroatoms. The van der Waals surface area contributed by atoms with Gasteiger partial charge in [0.25, 0.3) is 0 Å². The minimum absolute atomic E-state index is 0.00336. The van der Waals surface area contributed by atoms with Gasteiger partial charge in [0, 0.05) is 22.0 Å². The minimum Gasteiger partial charge on any atom is -0.448 e. The first-order valence-electron chi connectivity index (χ1n) is 5.48. The summed E-state index contributed by atoms with van der Waals surface area (Å²) in [6, 6.07) is 9.45. The summed E-state index contributed by atoms with van der Waals surface area (Å²) in [6.45, 7) is 0. The summed E-state index contributed by atoms with van der Waals surface area (Å²) in [6.07, 6.45) is 0. The summed E-state index contributed by atoms with van der Waals surface area (Å²) in [5.74, 6) is 0.425. The lowest BCUT2D eigenvalue weighted by atomic mass is 10.2. The van der Waals surface area contributed by atoms with Gasteiger partial charge in [0.1, 0.15) is 5.75 Å². The highest BCUT2D eigenvalue weighted by molar-refractivity contribution is 9.08. The highest BCUT2D eigenvalue weighted by Gasteiger charge is 2.20. The summed E-state index contributed by atoms with van der Waals surface area (Å²) in [5.41, 5.74) is 0.501. The van der Waals surface area contributed by atoms with Crippen LogP contribution in [0.2, 0.25) is 10.0 Å². The zero-order valence-corrected chi connectivity index (χ0v) is 13.1. The highest BCUT2D eigenvalue weighted by Crippen LogP contribution is 2.40. The van der Waals surface area contributed by atoms with Crippen LogP contribution in [0, 0.1) is 10.1 Å². The molecular weight excluding hydrogens is 369 g/mol. The van der Waals surface area contributed by atoms with Crippen LogP contribution >= 0.6 is 39.1 Å². The van der Waals surface area contributed by atoms with Crippen molar-refractivity contribution in [3.05, 3.63) is 62.1 Å². The van der Waals surface area contributed by atoms with Crippen LogP contribution in [0.25, 0.3) is 0 Å². The van der Waals surface area contributed by atoms with E-state index < -0.39 is 4.92 Å². The molecule has 0 spiro atoms. The molecule has 0 unspecified atom stereocenters. The second-order valence-electron chi connectivity index (χ2n) is 3.80. The van der Waals surface area contributed by atoms with Gasteiger partial charge in [0.2, 0.25) is 5.75 Å². The number of para-hydroxylation sites is 1. The van der Waals surface area contributed by atoms with Crippen molar-refractivity contribution in [2.45, 2.75) is 5.33 Å². The topological polar surface area (TPSA) is 52.4 Å². The molecule has 0 bridgehead atoms. The van der Waals surface area contributed by atoms with Crippen LogP contribution in [0.5, 0.6) is 11.5 Å². The van der Waals surface area contributed by atoms with Gasteiger partial charge in [-0.1, -0.05) is 51.3 Å². The van der Waals surface area contributed by atoms with Gasteiger partial charge in [-0.2, -0.15) is 0 Å². The summed E-state index contributed by atoms with van der Waals surface area (Å²) in [4.78, 5) is 10.5. The van der Waals surface area contributed by atoms with Gasteiger partial charge in [0.15, 0.2) is 0 Å². The van der Waals surface area contributed by atoms with Gasteiger partial charge < -0.3 is 4.74 Å². The standard InChI is InChI=1S/C13H8BrCl2NO3/c14-7-8-9(15)3-2-6-12(8)20-13-10(16)4-1-5-11(13)17(18)19/h1-6H,7H2. The second-order valence-corrected chi connectivity index (χ2v) is 5.17. The third-order valence-electron chi connectivity index (χ3n) is 2.56. The number of hydrogen-bond acceptors (Lipinski definition) is 3. The Hall–Kier alpha value is -1.30. The van der Waals surface area contributed by atoms with E-state index in [4.69, 9.17) is 27.9 Å². The third kappa shape index (κ3) is 3.06. The zero-order valence-electron chi connectivity index (χ0n) is 9.98. The van der Waals surface area contributed by atoms with E-state index in [0.29, 0.717) is 21.7 Å². The van der Waals surface area contributed by atoms with Crippen molar-refractivity contribution in [1.29, 1.82) is 0 Å². The summed E-state index contributed by atoms with van der Waals surface area (Å²) < 4.78 is 5.62. The number of alkyl halides is 1. The van der Waals surface area contributed by atoms with Crippen molar-refractivity contribution in [1.82, 2.24) is 0 Å². The van der Waals surface area contributed by atoms with E-state index in [-0.39, 0.29) is 16.5 Å². The number of nitro groups is 1. The lowest BCUT2D eigenvalue weighted by molar-refractivity contribution is -0.385. The first kappa shape index (κ1) is 15.1. The Morgan fingerprint density at radius 1 is 1.15 bits per heavy atom. The molecule has 2 aromatic rings. The number of nitrogens with zero attached hydrogens (tertiary/aromatic N) is 1. The molecule has 0 aliphatic heterocycles. The van der Waals surface area contributed by atoms with Crippen LogP contribution < -0.4 is 4.74 Å². The molecule has 0 aromatic heterocycles. The molecule has 0 radical (unpaired) electrons. The van der Waals surface area contributed by atoms with Gasteiger partial charge in [-0.3, -0.25) is 10.1 Å². The van der Waals surface area contributed by atoms with Crippen molar-refractivity contribution in [3.63, 3.8) is 0 Å². The zero-order chi connectivity index (χ0) is 14.7. The molecule has 0 atom stereocenters. The molecular formula is C13H8BrCl2NO3. The number of benzene rings is 2. The van der Waals surface area contributed by atoms with Gasteiger partial charge in [-0.25, -0.2) is 0 Å². The Kier molecular flexibility index (Phi) is 4.86. The molecule has 0 aliphatic rings. The normalized spacial score (nSPS) is 10.3. The van der Waals surface area contributed by atoms with E-state index in [9.17, 15) is 10.1 Å². The van der Waals surface area contributed by atoms with Crippen molar-refractivity contribution < 1.29 is 9.66 Å². The molecule has 0 N–H and O–H groups in total. The van der Waals surface area contributed by atoms with Crippen LogP contribution in [-0.2, 0) is 5.33 Å². The fourth-order valence-corrected chi connectivity index (χ4v) is 2.80. The van der Waals surface area contributed by atoms with Crippen molar-refractivity contribution in [2.75, 3.05) is 0 Å². The van der Waals surface area contributed by atoms with Gasteiger partial charge in [-0.05, 0) is 18.2 Å². The van der Waals surface area contributed by atoms with E-state index in [0.717, 1.165) is 0 Å². The molecule has 0 saturated heterocycles. The van der Waals surface area contributed by atoms with Crippen molar-refractivity contribution in [3.8, 4) is 11.5 Å². The Balaban J connectivity index is 2.50. The summed E-state index contributed by atoms with van der Waals surface area (Å²) >= 11 is 15.4. The first-order valence-corrected chi connectivity index (χ1v) is 7.36. The smallest absolute Gasteiger partial charge is 0.313 e. The maximum Gasteiger partial charge on any atom is 0.313 e. The molecule has 2 aromatic carbocycles. The largest absolute Gasteiger partial charge is 0.448 e. The Morgan fingerprint density at radius 2 is 1.80 bits per heavy atom. The number of hydrogen-bond donors (Lipinski definition) is 0. The highest BCUT2D eigenvalue weighted by atomic mass is 79.9. The van der Waals surface area contributed by atoms with Crippen LogP contribution in [0.1, 0.15) is 5.56 Å². The number of nitro benzene ring substituents is 1. The van der Waals surface area contributed by atoms with E-state index >= 15 is 0 Å². The monoisotopic (exact) mass is 375 g/mol. The maximum atomic E-state index is 11.0. The predicted octanol–water partition coefficient (Wildman–Crippen LogP) is 5.59. The van der Waals surface area contributed by atoms with Crippen molar-refractivity contribution >= 4 is 44.8 Å². The molecule has 2 rings (SSSR count). The minimum atomic E-state index is -0.542. The molecule has 0 fully saturated rings. The van der Waals surface area contributed by atoms with Gasteiger partial charge in [-0.15, -0.1) is 0 Å². The Labute approximate surface area is 133 Å². The lowest BCUT2D eigenvalue weighted by Crippen LogP contribution is -1.96. The summed E-state index contributed by atoms with van der Waals surface area (Å²) in [7, 11) is 0. The van der Waals surface area contributed by atoms with E-state index in [1.807, 2.05) is 0 Å². The molecule has 0 saturated carbocycles. The predicted molar refractivity (Wildman–Crippen MR) is 82.3 cm³/mol. The Morgan fingerprint density at radius 3 is 2.45 bits per heavy atom. The number of rotatable bonds is 4. The second kappa shape index (κ2) is 6.43. The number of ether oxygens (including phenoxy) is 1. The van der Waals surface area contributed by atoms with Crippen LogP contribution in [0.15, 0.2) is 36.4 Å². The van der Waals surface area contributed by atoms with Gasteiger partial charge in [0.05, 0.1) is 9.95 Å². The fourth-order valence-electron chi connectivity index (χ4n) is 1.62. The van der Waals surface area contributed by atoms with E-state index in [2.05, 4.69) is 15.9 Å². The maximum absolute atomic E-state index is 11.0. The first-order chi connectivity index (χ1) is 9.54. The average Bonchev–Trinajstić information content (AvgIpc) is 2.41. The average molecular weight is 377 g/mol. The van der Waals surface area contributed by atoms with E-state index in [1.54, 1.807) is 18.2 Å². The molecule has 0 heterocycles. The van der Waals surface area contributed by atoms with E-state index in [1.165, 1.54) is 18.2 Å². The fraction of sp³-hybridized carbons (Fsp3) is 0.0769. The molecule has 0 aliphatic carbocycles. The molecule has 4 nitrogen and oxygen atoms in total. The van der Waals surface area contributed by atoms with Crippen LogP contribution in [0.4, 0.5) is 5.69 Å². The third-order valence-corrected chi connectivity index (χ3v) is 3.78. The quantitative estimate of drug-likeness (QED) is 0.397. The van der Waals surface area contributed by atoms with Crippen LogP contribution in [0.3, 0.4) is 0 Å². The SMILES string of the molecule is O=[N+]([O-])c1cccc(Cl)c1Oc1cccc(Cl)c1CBr. The lowest BCUT2D eigenvalue weighted by Gasteiger charge is -2.12.